The number of carboxylic acid groups (broad SMARTS) is 1. The van der Waals surface area contributed by atoms with Crippen molar-refractivity contribution < 1.29 is 24.2 Å². The van der Waals surface area contributed by atoms with Crippen molar-refractivity contribution in [3.63, 3.8) is 0 Å². The Labute approximate surface area is 162 Å². The van der Waals surface area contributed by atoms with E-state index in [4.69, 9.17) is 9.47 Å². The van der Waals surface area contributed by atoms with Crippen LogP contribution in [-0.4, -0.2) is 33.8 Å². The lowest BCUT2D eigenvalue weighted by atomic mass is 10.1. The molecule has 1 heterocycles. The number of carbonyl (C=O) groups is 2. The van der Waals surface area contributed by atoms with Crippen molar-refractivity contribution in [3.05, 3.63) is 45.9 Å². The second-order valence-electron chi connectivity index (χ2n) is 7.03. The predicted octanol–water partition coefficient (Wildman–Crippen LogP) is 3.55. The van der Waals surface area contributed by atoms with Crippen LogP contribution in [0.1, 0.15) is 37.0 Å². The van der Waals surface area contributed by atoms with Crippen molar-refractivity contribution in [2.75, 3.05) is 0 Å². The van der Waals surface area contributed by atoms with Gasteiger partial charge in [0.15, 0.2) is 0 Å². The van der Waals surface area contributed by atoms with Gasteiger partial charge in [0.2, 0.25) is 0 Å². The molecule has 7 nitrogen and oxygen atoms in total. The zero-order valence-corrected chi connectivity index (χ0v) is 16.6. The van der Waals surface area contributed by atoms with E-state index in [2.05, 4.69) is 10.3 Å². The molecule has 0 aliphatic carbocycles. The number of aromatic nitrogens is 1. The van der Waals surface area contributed by atoms with Gasteiger partial charge in [-0.05, 0) is 45.4 Å². The molecule has 0 saturated heterocycles. The zero-order chi connectivity index (χ0) is 20.0. The molecule has 0 fully saturated rings. The standard InChI is InChI=1S/C19H24N2O5S/c1-12-20-14(11-27-12)10-25-15-7-5-13(6-8-15)9-16(17(22)23)21-18(24)26-19(2,3)4/h5-8,11,16H,9-10H2,1-4H3,(H,21,24)(H,22,23). The summed E-state index contributed by atoms with van der Waals surface area (Å²) in [7, 11) is 0. The van der Waals surface area contributed by atoms with Crippen molar-refractivity contribution in [2.24, 2.45) is 0 Å². The highest BCUT2D eigenvalue weighted by molar-refractivity contribution is 7.09. The number of carboxylic acids is 1. The van der Waals surface area contributed by atoms with E-state index in [0.29, 0.717) is 12.4 Å². The molecule has 1 atom stereocenters. The first-order chi connectivity index (χ1) is 12.6. The smallest absolute Gasteiger partial charge is 0.408 e. The van der Waals surface area contributed by atoms with Gasteiger partial charge >= 0.3 is 12.1 Å². The Kier molecular flexibility index (Phi) is 6.79. The van der Waals surface area contributed by atoms with Crippen molar-refractivity contribution >= 4 is 23.4 Å². The molecule has 0 radical (unpaired) electrons. The molecule has 27 heavy (non-hydrogen) atoms. The fourth-order valence-corrected chi connectivity index (χ4v) is 2.84. The van der Waals surface area contributed by atoms with Crippen LogP contribution in [0.4, 0.5) is 4.79 Å². The molecule has 8 heteroatoms. The molecule has 0 aliphatic heterocycles. The van der Waals surface area contributed by atoms with E-state index >= 15 is 0 Å². The maximum absolute atomic E-state index is 11.8. The number of carbonyl (C=O) groups excluding carboxylic acids is 1. The second kappa shape index (κ2) is 8.85. The average molecular weight is 392 g/mol. The Morgan fingerprint density at radius 3 is 2.44 bits per heavy atom. The number of hydrogen-bond donors (Lipinski definition) is 2. The van der Waals surface area contributed by atoms with Crippen LogP contribution in [0.25, 0.3) is 0 Å². The van der Waals surface area contributed by atoms with E-state index in [1.165, 1.54) is 0 Å². The molecule has 1 aromatic heterocycles. The van der Waals surface area contributed by atoms with E-state index in [0.717, 1.165) is 16.3 Å². The zero-order valence-electron chi connectivity index (χ0n) is 15.8. The Hall–Kier alpha value is -2.61. The Morgan fingerprint density at radius 1 is 1.26 bits per heavy atom. The molecule has 2 N–H and O–H groups in total. The first-order valence-electron chi connectivity index (χ1n) is 8.47. The number of alkyl carbamates (subject to hydrolysis) is 1. The minimum atomic E-state index is -1.12. The minimum Gasteiger partial charge on any atom is -0.487 e. The molecule has 1 amide bonds. The largest absolute Gasteiger partial charge is 0.487 e. The average Bonchev–Trinajstić information content (AvgIpc) is 2.97. The van der Waals surface area contributed by atoms with Gasteiger partial charge in [0.1, 0.15) is 24.0 Å². The Balaban J connectivity index is 1.91. The Bertz CT molecular complexity index is 780. The van der Waals surface area contributed by atoms with Crippen molar-refractivity contribution in [1.29, 1.82) is 0 Å². The SMILES string of the molecule is Cc1nc(COc2ccc(CC(NC(=O)OC(C)(C)C)C(=O)O)cc2)cs1. The number of benzene rings is 1. The predicted molar refractivity (Wildman–Crippen MR) is 102 cm³/mol. The van der Waals surface area contributed by atoms with Gasteiger partial charge in [0.05, 0.1) is 10.7 Å². The number of aliphatic carboxylic acids is 1. The summed E-state index contributed by atoms with van der Waals surface area (Å²) < 4.78 is 10.8. The third kappa shape index (κ3) is 7.26. The number of ether oxygens (including phenoxy) is 2. The molecular weight excluding hydrogens is 368 g/mol. The first-order valence-corrected chi connectivity index (χ1v) is 9.35. The fourth-order valence-electron chi connectivity index (χ4n) is 2.24. The molecule has 0 bridgehead atoms. The summed E-state index contributed by atoms with van der Waals surface area (Å²) in [4.78, 5) is 27.6. The molecule has 2 rings (SSSR count). The van der Waals surface area contributed by atoms with Crippen LogP contribution >= 0.6 is 11.3 Å². The number of nitrogens with zero attached hydrogens (tertiary/aromatic N) is 1. The summed E-state index contributed by atoms with van der Waals surface area (Å²) in [5, 5.41) is 14.7. The lowest BCUT2D eigenvalue weighted by Crippen LogP contribution is -2.44. The van der Waals surface area contributed by atoms with Gasteiger partial charge < -0.3 is 19.9 Å². The van der Waals surface area contributed by atoms with Crippen LogP contribution in [-0.2, 0) is 22.6 Å². The number of hydrogen-bond acceptors (Lipinski definition) is 6. The Morgan fingerprint density at radius 2 is 1.93 bits per heavy atom. The van der Waals surface area contributed by atoms with Crippen LogP contribution in [0.3, 0.4) is 0 Å². The molecule has 1 aromatic carbocycles. The third-order valence-electron chi connectivity index (χ3n) is 3.41. The molecule has 2 aromatic rings. The quantitative estimate of drug-likeness (QED) is 0.748. The lowest BCUT2D eigenvalue weighted by Gasteiger charge is -2.22. The van der Waals surface area contributed by atoms with Gasteiger partial charge in [0.25, 0.3) is 0 Å². The summed E-state index contributed by atoms with van der Waals surface area (Å²) in [6, 6.07) is 5.99. The molecule has 146 valence electrons. The van der Waals surface area contributed by atoms with Crippen LogP contribution in [0.2, 0.25) is 0 Å². The van der Waals surface area contributed by atoms with Crippen molar-refractivity contribution in [1.82, 2.24) is 10.3 Å². The van der Waals surface area contributed by atoms with E-state index in [9.17, 15) is 14.7 Å². The summed E-state index contributed by atoms with van der Waals surface area (Å²) >= 11 is 1.57. The van der Waals surface area contributed by atoms with Crippen LogP contribution in [0.15, 0.2) is 29.6 Å². The summed E-state index contributed by atoms with van der Waals surface area (Å²) in [6.45, 7) is 7.46. The molecule has 1 unspecified atom stereocenters. The van der Waals surface area contributed by atoms with Crippen LogP contribution < -0.4 is 10.1 Å². The van der Waals surface area contributed by atoms with E-state index in [1.807, 2.05) is 12.3 Å². The van der Waals surface area contributed by atoms with Gasteiger partial charge in [-0.1, -0.05) is 12.1 Å². The number of amides is 1. The lowest BCUT2D eigenvalue weighted by molar-refractivity contribution is -0.139. The number of rotatable bonds is 7. The van der Waals surface area contributed by atoms with E-state index in [1.54, 1.807) is 56.4 Å². The number of aryl methyl sites for hydroxylation is 1. The molecule has 0 spiro atoms. The van der Waals surface area contributed by atoms with Crippen molar-refractivity contribution in [2.45, 2.75) is 52.4 Å². The highest BCUT2D eigenvalue weighted by Crippen LogP contribution is 2.17. The summed E-state index contributed by atoms with van der Waals surface area (Å²) in [5.74, 6) is -0.462. The maximum Gasteiger partial charge on any atom is 0.408 e. The summed E-state index contributed by atoms with van der Waals surface area (Å²) in [5.41, 5.74) is 0.937. The normalized spacial score (nSPS) is 12.3. The van der Waals surface area contributed by atoms with E-state index in [-0.39, 0.29) is 6.42 Å². The van der Waals surface area contributed by atoms with E-state index < -0.39 is 23.7 Å². The highest BCUT2D eigenvalue weighted by atomic mass is 32.1. The second-order valence-corrected chi connectivity index (χ2v) is 8.09. The maximum atomic E-state index is 11.8. The summed E-state index contributed by atoms with van der Waals surface area (Å²) in [6.07, 6.45) is -0.617. The van der Waals surface area contributed by atoms with Gasteiger partial charge in [-0.25, -0.2) is 14.6 Å². The monoisotopic (exact) mass is 392 g/mol. The highest BCUT2D eigenvalue weighted by Gasteiger charge is 2.24. The first kappa shape index (κ1) is 20.7. The van der Waals surface area contributed by atoms with Crippen LogP contribution in [0, 0.1) is 6.92 Å². The topological polar surface area (TPSA) is 97.8 Å². The molecule has 0 saturated carbocycles. The molecule has 0 aliphatic rings. The number of thiazole rings is 1. The third-order valence-corrected chi connectivity index (χ3v) is 4.23. The van der Waals surface area contributed by atoms with Gasteiger partial charge in [-0.2, -0.15) is 0 Å². The number of nitrogens with one attached hydrogen (secondary N) is 1. The van der Waals surface area contributed by atoms with Gasteiger partial charge in [-0.15, -0.1) is 11.3 Å². The van der Waals surface area contributed by atoms with Crippen LogP contribution in [0.5, 0.6) is 5.75 Å². The minimum absolute atomic E-state index is 0.139. The van der Waals surface area contributed by atoms with Crippen molar-refractivity contribution in [3.8, 4) is 5.75 Å². The van der Waals surface area contributed by atoms with Gasteiger partial charge in [0, 0.05) is 11.8 Å². The van der Waals surface area contributed by atoms with Gasteiger partial charge in [-0.3, -0.25) is 0 Å². The fraction of sp³-hybridized carbons (Fsp3) is 0.421. The molecular formula is C19H24N2O5S.